The Labute approximate surface area is 85.4 Å². The first-order chi connectivity index (χ1) is 6.64. The highest BCUT2D eigenvalue weighted by Crippen LogP contribution is 2.46. The lowest BCUT2D eigenvalue weighted by Gasteiger charge is -2.26. The van der Waals surface area contributed by atoms with Gasteiger partial charge in [0.15, 0.2) is 5.79 Å². The second kappa shape index (κ2) is 3.47. The summed E-state index contributed by atoms with van der Waals surface area (Å²) in [6, 6.07) is 0. The number of hydrogen-bond donors (Lipinski definition) is 1. The van der Waals surface area contributed by atoms with Crippen LogP contribution in [0.3, 0.4) is 0 Å². The topological polar surface area (TPSA) is 38.7 Å². The van der Waals surface area contributed by atoms with Crippen molar-refractivity contribution in [1.82, 2.24) is 0 Å². The van der Waals surface area contributed by atoms with E-state index in [1.807, 2.05) is 6.92 Å². The molecular formula is C11H20O3. The summed E-state index contributed by atoms with van der Waals surface area (Å²) in [7, 11) is 0. The van der Waals surface area contributed by atoms with Crippen LogP contribution in [0.15, 0.2) is 0 Å². The molecule has 1 saturated heterocycles. The largest absolute Gasteiger partial charge is 0.393 e. The Kier molecular flexibility index (Phi) is 2.58. The maximum absolute atomic E-state index is 9.37. The molecule has 82 valence electrons. The molecule has 1 aliphatic carbocycles. The molecule has 2 fully saturated rings. The summed E-state index contributed by atoms with van der Waals surface area (Å²) in [6.07, 6.45) is 5.28. The van der Waals surface area contributed by atoms with E-state index in [2.05, 4.69) is 6.92 Å². The fourth-order valence-corrected chi connectivity index (χ4v) is 2.68. The van der Waals surface area contributed by atoms with Crippen molar-refractivity contribution < 1.29 is 14.6 Å². The highest BCUT2D eigenvalue weighted by Gasteiger charge is 2.54. The zero-order chi connectivity index (χ0) is 10.2. The van der Waals surface area contributed by atoms with Crippen LogP contribution >= 0.6 is 0 Å². The third-order valence-electron chi connectivity index (χ3n) is 3.51. The number of aliphatic hydroxyl groups is 1. The lowest BCUT2D eigenvalue weighted by atomic mass is 9.99. The third-order valence-corrected chi connectivity index (χ3v) is 3.51. The number of aliphatic hydroxyl groups excluding tert-OH is 1. The number of ether oxygens (including phenoxy) is 2. The molecule has 2 unspecified atom stereocenters. The van der Waals surface area contributed by atoms with Crippen LogP contribution in [-0.4, -0.2) is 29.2 Å². The van der Waals surface area contributed by atoms with Crippen molar-refractivity contribution in [3.63, 3.8) is 0 Å². The summed E-state index contributed by atoms with van der Waals surface area (Å²) >= 11 is 0. The predicted molar refractivity (Wildman–Crippen MR) is 52.9 cm³/mol. The molecule has 2 rings (SSSR count). The summed E-state index contributed by atoms with van der Waals surface area (Å²) < 4.78 is 12.0. The lowest BCUT2D eigenvalue weighted by Crippen LogP contribution is -2.40. The van der Waals surface area contributed by atoms with Gasteiger partial charge in [-0.25, -0.2) is 0 Å². The van der Waals surface area contributed by atoms with Crippen LogP contribution in [0.25, 0.3) is 0 Å². The van der Waals surface area contributed by atoms with E-state index in [0.717, 1.165) is 19.3 Å². The third kappa shape index (κ3) is 1.47. The van der Waals surface area contributed by atoms with Gasteiger partial charge in [-0.05, 0) is 26.2 Å². The van der Waals surface area contributed by atoms with Gasteiger partial charge in [-0.2, -0.15) is 0 Å². The van der Waals surface area contributed by atoms with E-state index in [9.17, 15) is 5.11 Å². The van der Waals surface area contributed by atoms with Gasteiger partial charge in [0.05, 0.1) is 12.7 Å². The molecule has 14 heavy (non-hydrogen) atoms. The van der Waals surface area contributed by atoms with E-state index in [0.29, 0.717) is 0 Å². The molecule has 2 aliphatic rings. The highest BCUT2D eigenvalue weighted by atomic mass is 16.8. The zero-order valence-corrected chi connectivity index (χ0v) is 9.08. The van der Waals surface area contributed by atoms with Gasteiger partial charge in [-0.15, -0.1) is 0 Å². The Morgan fingerprint density at radius 3 is 2.43 bits per heavy atom. The van der Waals surface area contributed by atoms with Crippen molar-refractivity contribution in [2.75, 3.05) is 6.61 Å². The van der Waals surface area contributed by atoms with Gasteiger partial charge < -0.3 is 14.6 Å². The quantitative estimate of drug-likeness (QED) is 0.739. The normalized spacial score (nSPS) is 40.9. The molecule has 0 bridgehead atoms. The van der Waals surface area contributed by atoms with Gasteiger partial charge in [0.2, 0.25) is 0 Å². The smallest absolute Gasteiger partial charge is 0.169 e. The van der Waals surface area contributed by atoms with E-state index in [1.165, 1.54) is 12.8 Å². The molecule has 1 heterocycles. The molecule has 3 nitrogen and oxygen atoms in total. The molecule has 0 aromatic rings. The summed E-state index contributed by atoms with van der Waals surface area (Å²) in [6.45, 7) is 4.08. The molecule has 1 N–H and O–H groups in total. The van der Waals surface area contributed by atoms with Crippen LogP contribution in [0.4, 0.5) is 0 Å². The zero-order valence-electron chi connectivity index (χ0n) is 9.08. The van der Waals surface area contributed by atoms with Crippen molar-refractivity contribution in [1.29, 1.82) is 0 Å². The fraction of sp³-hybridized carbons (Fsp3) is 1.00. The second-order valence-corrected chi connectivity index (χ2v) is 4.71. The Hall–Kier alpha value is -0.120. The van der Waals surface area contributed by atoms with Gasteiger partial charge in [0.1, 0.15) is 5.60 Å². The summed E-state index contributed by atoms with van der Waals surface area (Å²) in [5.41, 5.74) is -0.487. The van der Waals surface area contributed by atoms with E-state index < -0.39 is 5.60 Å². The molecule has 0 aromatic carbocycles. The average Bonchev–Trinajstić information content (AvgIpc) is 2.73. The minimum absolute atomic E-state index is 0.0469. The monoisotopic (exact) mass is 200 g/mol. The molecule has 0 aromatic heterocycles. The van der Waals surface area contributed by atoms with E-state index in [1.54, 1.807) is 0 Å². The molecule has 0 radical (unpaired) electrons. The molecule has 2 atom stereocenters. The fourth-order valence-electron chi connectivity index (χ4n) is 2.68. The molecule has 1 aliphatic heterocycles. The van der Waals surface area contributed by atoms with Crippen molar-refractivity contribution in [3.8, 4) is 0 Å². The maximum atomic E-state index is 9.37. The summed E-state index contributed by atoms with van der Waals surface area (Å²) in [4.78, 5) is 0. The first-order valence-corrected chi connectivity index (χ1v) is 5.63. The minimum Gasteiger partial charge on any atom is -0.393 e. The highest BCUT2D eigenvalue weighted by molar-refractivity contribution is 4.96. The van der Waals surface area contributed by atoms with Crippen LogP contribution in [0.2, 0.25) is 0 Å². The van der Waals surface area contributed by atoms with Gasteiger partial charge in [0, 0.05) is 12.8 Å². The van der Waals surface area contributed by atoms with Crippen molar-refractivity contribution in [2.45, 2.75) is 63.4 Å². The second-order valence-electron chi connectivity index (χ2n) is 4.71. The van der Waals surface area contributed by atoms with Crippen LogP contribution in [0, 0.1) is 0 Å². The molecular weight excluding hydrogens is 180 g/mol. The van der Waals surface area contributed by atoms with Gasteiger partial charge in [-0.3, -0.25) is 0 Å². The van der Waals surface area contributed by atoms with Gasteiger partial charge in [0.25, 0.3) is 0 Å². The van der Waals surface area contributed by atoms with E-state index in [4.69, 9.17) is 9.47 Å². The maximum Gasteiger partial charge on any atom is 0.169 e. The van der Waals surface area contributed by atoms with Gasteiger partial charge >= 0.3 is 0 Å². The molecule has 1 saturated carbocycles. The first kappa shape index (κ1) is 10.4. The van der Waals surface area contributed by atoms with Crippen molar-refractivity contribution in [2.24, 2.45) is 0 Å². The van der Waals surface area contributed by atoms with E-state index in [-0.39, 0.29) is 18.5 Å². The molecule has 0 amide bonds. The Balaban J connectivity index is 2.14. The summed E-state index contributed by atoms with van der Waals surface area (Å²) in [5, 5.41) is 9.37. The minimum atomic E-state index is -0.487. The van der Waals surface area contributed by atoms with Crippen LogP contribution in [0.1, 0.15) is 46.0 Å². The van der Waals surface area contributed by atoms with Crippen LogP contribution < -0.4 is 0 Å². The Bertz CT molecular complexity index is 211. The lowest BCUT2D eigenvalue weighted by molar-refractivity contribution is -0.187. The van der Waals surface area contributed by atoms with Crippen LogP contribution in [-0.2, 0) is 9.47 Å². The Morgan fingerprint density at radius 1 is 1.36 bits per heavy atom. The van der Waals surface area contributed by atoms with E-state index >= 15 is 0 Å². The average molecular weight is 200 g/mol. The SMILES string of the molecule is CCC1OC2(CCCC2)OC1(C)CO. The number of rotatable bonds is 2. The Morgan fingerprint density at radius 2 is 2.00 bits per heavy atom. The van der Waals surface area contributed by atoms with Crippen LogP contribution in [0.5, 0.6) is 0 Å². The standard InChI is InChI=1S/C11H20O3/c1-3-9-10(2,8-12)14-11(13-9)6-4-5-7-11/h9,12H,3-8H2,1-2H3. The predicted octanol–water partition coefficient (Wildman–Crippen LogP) is 1.83. The van der Waals surface area contributed by atoms with Crippen molar-refractivity contribution >= 4 is 0 Å². The first-order valence-electron chi connectivity index (χ1n) is 5.63. The van der Waals surface area contributed by atoms with Gasteiger partial charge in [-0.1, -0.05) is 6.92 Å². The van der Waals surface area contributed by atoms with Crippen molar-refractivity contribution in [3.05, 3.63) is 0 Å². The molecule has 1 spiro atoms. The molecule has 3 heteroatoms. The summed E-state index contributed by atoms with van der Waals surface area (Å²) in [5.74, 6) is -0.363. The number of hydrogen-bond acceptors (Lipinski definition) is 3.